The number of pyridine rings is 1. The van der Waals surface area contributed by atoms with Crippen molar-refractivity contribution in [3.05, 3.63) is 47.9 Å². The van der Waals surface area contributed by atoms with Crippen LogP contribution in [0.15, 0.2) is 41.4 Å². The van der Waals surface area contributed by atoms with Crippen molar-refractivity contribution in [1.82, 2.24) is 14.6 Å². The summed E-state index contributed by atoms with van der Waals surface area (Å²) in [6.07, 6.45) is 1.62. The fraction of sp³-hybridized carbons (Fsp3) is 0.294. The zero-order valence-electron chi connectivity index (χ0n) is 14.5. The maximum Gasteiger partial charge on any atom is 0.261 e. The monoisotopic (exact) mass is 360 g/mol. The summed E-state index contributed by atoms with van der Waals surface area (Å²) in [7, 11) is -3.71. The summed E-state index contributed by atoms with van der Waals surface area (Å²) < 4.78 is 35.0. The molecule has 0 aliphatic rings. The van der Waals surface area contributed by atoms with Crippen LogP contribution in [0.4, 0.5) is 5.69 Å². The van der Waals surface area contributed by atoms with E-state index in [1.54, 1.807) is 37.4 Å². The fourth-order valence-corrected chi connectivity index (χ4v) is 3.57. The number of aromatic nitrogens is 3. The highest BCUT2D eigenvalue weighted by Gasteiger charge is 2.16. The summed E-state index contributed by atoms with van der Waals surface area (Å²) in [6, 6.07) is 8.17. The van der Waals surface area contributed by atoms with Crippen molar-refractivity contribution in [3.8, 4) is 5.75 Å². The van der Waals surface area contributed by atoms with Gasteiger partial charge in [-0.3, -0.25) is 4.72 Å². The lowest BCUT2D eigenvalue weighted by Gasteiger charge is -2.14. The SMILES string of the molecule is Cc1nc2ccc(NS(=O)(=O)c3ccc(OC(C)C)c(C)c3)cn2n1. The Kier molecular flexibility index (Phi) is 4.38. The van der Waals surface area contributed by atoms with Crippen LogP contribution < -0.4 is 9.46 Å². The molecule has 3 rings (SSSR count). The van der Waals surface area contributed by atoms with E-state index >= 15 is 0 Å². The first-order chi connectivity index (χ1) is 11.7. The van der Waals surface area contributed by atoms with Crippen LogP contribution in [-0.2, 0) is 10.0 Å². The third-order valence-corrected chi connectivity index (χ3v) is 4.89. The molecule has 0 atom stereocenters. The fourth-order valence-electron chi connectivity index (χ4n) is 2.44. The number of sulfonamides is 1. The molecule has 0 aliphatic carbocycles. The average Bonchev–Trinajstić information content (AvgIpc) is 2.87. The number of nitrogens with one attached hydrogen (secondary N) is 1. The number of nitrogens with zero attached hydrogens (tertiary/aromatic N) is 3. The molecule has 0 aliphatic heterocycles. The van der Waals surface area contributed by atoms with Crippen molar-refractivity contribution in [1.29, 1.82) is 0 Å². The Morgan fingerprint density at radius 2 is 1.92 bits per heavy atom. The summed E-state index contributed by atoms with van der Waals surface area (Å²) in [5, 5.41) is 4.18. The van der Waals surface area contributed by atoms with Gasteiger partial charge < -0.3 is 4.74 Å². The molecule has 1 aromatic carbocycles. The topological polar surface area (TPSA) is 85.6 Å². The Morgan fingerprint density at radius 1 is 1.16 bits per heavy atom. The van der Waals surface area contributed by atoms with Gasteiger partial charge in [-0.1, -0.05) is 0 Å². The van der Waals surface area contributed by atoms with Crippen LogP contribution in [0, 0.1) is 13.8 Å². The molecule has 132 valence electrons. The van der Waals surface area contributed by atoms with E-state index in [1.807, 2.05) is 20.8 Å². The highest BCUT2D eigenvalue weighted by atomic mass is 32.2. The van der Waals surface area contributed by atoms with E-state index in [-0.39, 0.29) is 11.0 Å². The van der Waals surface area contributed by atoms with Crippen molar-refractivity contribution in [2.24, 2.45) is 0 Å². The predicted molar refractivity (Wildman–Crippen MR) is 95.5 cm³/mol. The zero-order valence-corrected chi connectivity index (χ0v) is 15.3. The maximum atomic E-state index is 12.6. The van der Waals surface area contributed by atoms with Crippen LogP contribution in [0.3, 0.4) is 0 Å². The first kappa shape index (κ1) is 17.2. The average molecular weight is 360 g/mol. The summed E-state index contributed by atoms with van der Waals surface area (Å²) in [5.41, 5.74) is 1.84. The minimum atomic E-state index is -3.71. The number of benzene rings is 1. The van der Waals surface area contributed by atoms with Gasteiger partial charge in [-0.2, -0.15) is 5.10 Å². The van der Waals surface area contributed by atoms with E-state index in [2.05, 4.69) is 14.8 Å². The second-order valence-electron chi connectivity index (χ2n) is 6.08. The van der Waals surface area contributed by atoms with Gasteiger partial charge in [0.1, 0.15) is 11.6 Å². The largest absolute Gasteiger partial charge is 0.491 e. The molecular formula is C17H20N4O3S. The number of rotatable bonds is 5. The maximum absolute atomic E-state index is 12.6. The predicted octanol–water partition coefficient (Wildman–Crippen LogP) is 2.93. The lowest BCUT2D eigenvalue weighted by atomic mass is 10.2. The molecule has 0 spiro atoms. The minimum Gasteiger partial charge on any atom is -0.491 e. The molecule has 25 heavy (non-hydrogen) atoms. The molecule has 7 nitrogen and oxygen atoms in total. The van der Waals surface area contributed by atoms with Crippen LogP contribution in [0.2, 0.25) is 0 Å². The molecular weight excluding hydrogens is 340 g/mol. The minimum absolute atomic E-state index is 0.0251. The van der Waals surface area contributed by atoms with Crippen LogP contribution in [-0.4, -0.2) is 29.1 Å². The van der Waals surface area contributed by atoms with Gasteiger partial charge in [-0.15, -0.1) is 0 Å². The van der Waals surface area contributed by atoms with Crippen molar-refractivity contribution >= 4 is 21.4 Å². The van der Waals surface area contributed by atoms with Crippen LogP contribution in [0.1, 0.15) is 25.2 Å². The number of hydrogen-bond donors (Lipinski definition) is 1. The van der Waals surface area contributed by atoms with Gasteiger partial charge in [0.05, 0.1) is 22.9 Å². The van der Waals surface area contributed by atoms with Crippen molar-refractivity contribution < 1.29 is 13.2 Å². The van der Waals surface area contributed by atoms with Gasteiger partial charge in [-0.25, -0.2) is 17.9 Å². The zero-order chi connectivity index (χ0) is 18.2. The van der Waals surface area contributed by atoms with Crippen molar-refractivity contribution in [2.75, 3.05) is 4.72 Å². The quantitative estimate of drug-likeness (QED) is 0.756. The molecule has 1 N–H and O–H groups in total. The second kappa shape index (κ2) is 6.36. The highest BCUT2D eigenvalue weighted by molar-refractivity contribution is 7.92. The molecule has 2 heterocycles. The number of fused-ring (bicyclic) bond motifs is 1. The summed E-state index contributed by atoms with van der Waals surface area (Å²) in [4.78, 5) is 4.39. The van der Waals surface area contributed by atoms with Crippen molar-refractivity contribution in [3.63, 3.8) is 0 Å². The van der Waals surface area contributed by atoms with E-state index in [0.29, 0.717) is 22.9 Å². The standard InChI is InChI=1S/C17H20N4O3S/c1-11(2)24-16-7-6-15(9-12(16)3)25(22,23)20-14-5-8-17-18-13(4)19-21(17)10-14/h5-11,20H,1-4H3. The van der Waals surface area contributed by atoms with Crippen LogP contribution in [0.25, 0.3) is 5.65 Å². The van der Waals surface area contributed by atoms with Gasteiger partial charge in [0.2, 0.25) is 0 Å². The molecule has 0 amide bonds. The molecule has 0 radical (unpaired) electrons. The van der Waals surface area contributed by atoms with Gasteiger partial charge >= 0.3 is 0 Å². The molecule has 2 aromatic heterocycles. The van der Waals surface area contributed by atoms with Crippen LogP contribution in [0.5, 0.6) is 5.75 Å². The molecule has 8 heteroatoms. The number of ether oxygens (including phenoxy) is 1. The Labute approximate surface area is 146 Å². The second-order valence-corrected chi connectivity index (χ2v) is 7.76. The Morgan fingerprint density at radius 3 is 2.60 bits per heavy atom. The van der Waals surface area contributed by atoms with Gasteiger partial charge in [0, 0.05) is 0 Å². The molecule has 0 unspecified atom stereocenters. The first-order valence-electron chi connectivity index (χ1n) is 7.88. The molecule has 0 bridgehead atoms. The molecule has 0 fully saturated rings. The lowest BCUT2D eigenvalue weighted by Crippen LogP contribution is -2.14. The van der Waals surface area contributed by atoms with Crippen molar-refractivity contribution in [2.45, 2.75) is 38.7 Å². The molecule has 3 aromatic rings. The Balaban J connectivity index is 1.88. The van der Waals surface area contributed by atoms with E-state index in [1.165, 1.54) is 10.6 Å². The molecule has 0 saturated heterocycles. The Hall–Kier alpha value is -2.61. The smallest absolute Gasteiger partial charge is 0.261 e. The van der Waals surface area contributed by atoms with Gasteiger partial charge in [-0.05, 0) is 63.6 Å². The number of hydrogen-bond acceptors (Lipinski definition) is 5. The van der Waals surface area contributed by atoms with E-state index in [9.17, 15) is 8.42 Å². The Bertz CT molecular complexity index is 1030. The van der Waals surface area contributed by atoms with E-state index in [4.69, 9.17) is 4.74 Å². The third-order valence-electron chi connectivity index (χ3n) is 3.51. The van der Waals surface area contributed by atoms with Gasteiger partial charge in [0.25, 0.3) is 10.0 Å². The van der Waals surface area contributed by atoms with E-state index in [0.717, 1.165) is 5.56 Å². The number of aryl methyl sites for hydroxylation is 2. The molecule has 0 saturated carbocycles. The highest BCUT2D eigenvalue weighted by Crippen LogP contribution is 2.24. The summed E-state index contributed by atoms with van der Waals surface area (Å²) >= 11 is 0. The summed E-state index contributed by atoms with van der Waals surface area (Å²) in [5.74, 6) is 1.30. The number of anilines is 1. The first-order valence-corrected chi connectivity index (χ1v) is 9.36. The normalized spacial score (nSPS) is 11.9. The lowest BCUT2D eigenvalue weighted by molar-refractivity contribution is 0.240. The van der Waals surface area contributed by atoms with Crippen LogP contribution >= 0.6 is 0 Å². The third kappa shape index (κ3) is 3.74. The van der Waals surface area contributed by atoms with Gasteiger partial charge in [0.15, 0.2) is 5.65 Å². The summed E-state index contributed by atoms with van der Waals surface area (Å²) in [6.45, 7) is 7.45. The van der Waals surface area contributed by atoms with E-state index < -0.39 is 10.0 Å².